The molecule has 0 aliphatic carbocycles. The highest BCUT2D eigenvalue weighted by Gasteiger charge is 2.18. The predicted molar refractivity (Wildman–Crippen MR) is 122 cm³/mol. The molecule has 168 valence electrons. The molecule has 8 nitrogen and oxygen atoms in total. The molecule has 10 heteroatoms. The molecule has 0 aliphatic heterocycles. The van der Waals surface area contributed by atoms with Gasteiger partial charge in [-0.05, 0) is 66.2 Å². The number of hydrogen-bond donors (Lipinski definition) is 2. The van der Waals surface area contributed by atoms with Crippen molar-refractivity contribution in [3.05, 3.63) is 105 Å². The fraction of sp³-hybridized carbons (Fsp3) is 0.0435. The number of nitro groups is 1. The van der Waals surface area contributed by atoms with Gasteiger partial charge in [-0.2, -0.15) is 0 Å². The van der Waals surface area contributed by atoms with Crippen LogP contribution in [0.5, 0.6) is 5.75 Å². The highest BCUT2D eigenvalue weighted by molar-refractivity contribution is 6.34. The number of nitro benzene ring substituents is 1. The van der Waals surface area contributed by atoms with Crippen molar-refractivity contribution in [2.45, 2.75) is 0 Å². The Balaban J connectivity index is 1.91. The second-order valence-electron chi connectivity index (χ2n) is 6.67. The van der Waals surface area contributed by atoms with Crippen LogP contribution in [-0.4, -0.2) is 23.8 Å². The Labute approximate surface area is 192 Å². The van der Waals surface area contributed by atoms with E-state index in [1.165, 1.54) is 73.8 Å². The van der Waals surface area contributed by atoms with E-state index < -0.39 is 22.6 Å². The number of carbonyl (C=O) groups is 2. The molecule has 0 saturated heterocycles. The molecule has 2 amide bonds. The van der Waals surface area contributed by atoms with E-state index in [0.29, 0.717) is 17.0 Å². The SMILES string of the molecule is COc1ccc(C(=O)NC(=Cc2ccc([N+](=O)[O-])cc2)C(=O)Nc2ccc(F)cc2)c(Cl)c1. The fourth-order valence-corrected chi connectivity index (χ4v) is 3.00. The fourth-order valence-electron chi connectivity index (χ4n) is 2.75. The normalized spacial score (nSPS) is 10.9. The molecule has 0 fully saturated rings. The molecule has 0 heterocycles. The van der Waals surface area contributed by atoms with Crippen LogP contribution in [-0.2, 0) is 4.79 Å². The van der Waals surface area contributed by atoms with Crippen molar-refractivity contribution in [1.82, 2.24) is 5.32 Å². The smallest absolute Gasteiger partial charge is 0.272 e. The Morgan fingerprint density at radius 2 is 1.73 bits per heavy atom. The van der Waals surface area contributed by atoms with Gasteiger partial charge in [0, 0.05) is 17.8 Å². The summed E-state index contributed by atoms with van der Waals surface area (Å²) in [6.45, 7) is 0. The van der Waals surface area contributed by atoms with E-state index in [1.54, 1.807) is 6.07 Å². The number of methoxy groups -OCH3 is 1. The second-order valence-corrected chi connectivity index (χ2v) is 7.07. The van der Waals surface area contributed by atoms with E-state index in [-0.39, 0.29) is 22.0 Å². The summed E-state index contributed by atoms with van der Waals surface area (Å²) < 4.78 is 18.2. The van der Waals surface area contributed by atoms with E-state index in [1.807, 2.05) is 0 Å². The lowest BCUT2D eigenvalue weighted by Gasteiger charge is -2.12. The molecule has 3 aromatic rings. The van der Waals surface area contributed by atoms with Gasteiger partial charge in [-0.25, -0.2) is 4.39 Å². The first-order valence-corrected chi connectivity index (χ1v) is 9.82. The lowest BCUT2D eigenvalue weighted by atomic mass is 10.1. The Morgan fingerprint density at radius 3 is 2.30 bits per heavy atom. The largest absolute Gasteiger partial charge is 0.497 e. The highest BCUT2D eigenvalue weighted by atomic mass is 35.5. The summed E-state index contributed by atoms with van der Waals surface area (Å²) in [5, 5.41) is 16.0. The van der Waals surface area contributed by atoms with Crippen LogP contribution in [0.25, 0.3) is 6.08 Å². The summed E-state index contributed by atoms with van der Waals surface area (Å²) in [5.41, 5.74) is 0.531. The van der Waals surface area contributed by atoms with Crippen molar-refractivity contribution in [2.75, 3.05) is 12.4 Å². The van der Waals surface area contributed by atoms with Crippen LogP contribution in [0.4, 0.5) is 15.8 Å². The molecule has 0 aromatic heterocycles. The number of nitrogens with one attached hydrogen (secondary N) is 2. The summed E-state index contributed by atoms with van der Waals surface area (Å²) in [5.74, 6) is -1.38. The Bertz CT molecular complexity index is 1230. The number of carbonyl (C=O) groups excluding carboxylic acids is 2. The number of anilines is 1. The molecule has 0 atom stereocenters. The Hall–Kier alpha value is -4.24. The average molecular weight is 470 g/mol. The van der Waals surface area contributed by atoms with Gasteiger partial charge in [0.2, 0.25) is 0 Å². The maximum absolute atomic E-state index is 13.2. The van der Waals surface area contributed by atoms with Gasteiger partial charge in [-0.1, -0.05) is 11.6 Å². The van der Waals surface area contributed by atoms with Gasteiger partial charge in [0.25, 0.3) is 17.5 Å². The maximum atomic E-state index is 13.2. The molecule has 3 rings (SSSR count). The van der Waals surface area contributed by atoms with Gasteiger partial charge < -0.3 is 15.4 Å². The molecular weight excluding hydrogens is 453 g/mol. The minimum Gasteiger partial charge on any atom is -0.497 e. The zero-order valence-electron chi connectivity index (χ0n) is 17.2. The summed E-state index contributed by atoms with van der Waals surface area (Å²) in [4.78, 5) is 36.0. The van der Waals surface area contributed by atoms with Crippen molar-refractivity contribution in [3.8, 4) is 5.75 Å². The maximum Gasteiger partial charge on any atom is 0.272 e. The third kappa shape index (κ3) is 6.14. The third-order valence-corrected chi connectivity index (χ3v) is 4.74. The van der Waals surface area contributed by atoms with Crippen molar-refractivity contribution < 1.29 is 23.6 Å². The lowest BCUT2D eigenvalue weighted by molar-refractivity contribution is -0.384. The van der Waals surface area contributed by atoms with Crippen molar-refractivity contribution >= 4 is 40.9 Å². The molecule has 2 N–H and O–H groups in total. The predicted octanol–water partition coefficient (Wildman–Crippen LogP) is 4.81. The van der Waals surface area contributed by atoms with Crippen molar-refractivity contribution in [2.24, 2.45) is 0 Å². The van der Waals surface area contributed by atoms with Gasteiger partial charge in [0.05, 0.1) is 22.6 Å². The van der Waals surface area contributed by atoms with Gasteiger partial charge in [-0.3, -0.25) is 19.7 Å². The number of benzene rings is 3. The number of hydrogen-bond acceptors (Lipinski definition) is 5. The Morgan fingerprint density at radius 1 is 1.06 bits per heavy atom. The topological polar surface area (TPSA) is 111 Å². The minimum absolute atomic E-state index is 0.0987. The molecular formula is C23H17ClFN3O5. The standard InChI is InChI=1S/C23H17ClFN3O5/c1-33-18-10-11-19(20(24)13-18)22(29)27-21(12-14-2-8-17(9-3-14)28(31)32)23(30)26-16-6-4-15(25)5-7-16/h2-13H,1H3,(H,26,30)(H,27,29). The molecule has 0 unspecified atom stereocenters. The molecule has 0 radical (unpaired) electrons. The molecule has 0 bridgehead atoms. The summed E-state index contributed by atoms with van der Waals surface area (Å²) >= 11 is 6.16. The molecule has 0 saturated carbocycles. The lowest BCUT2D eigenvalue weighted by Crippen LogP contribution is -2.31. The van der Waals surface area contributed by atoms with Crippen LogP contribution in [0, 0.1) is 15.9 Å². The summed E-state index contributed by atoms with van der Waals surface area (Å²) in [6, 6.07) is 14.9. The van der Waals surface area contributed by atoms with Gasteiger partial charge in [0.15, 0.2) is 0 Å². The van der Waals surface area contributed by atoms with Crippen LogP contribution < -0.4 is 15.4 Å². The average Bonchev–Trinajstić information content (AvgIpc) is 2.80. The molecule has 33 heavy (non-hydrogen) atoms. The molecule has 0 aliphatic rings. The first-order valence-electron chi connectivity index (χ1n) is 9.45. The summed E-state index contributed by atoms with van der Waals surface area (Å²) in [6.07, 6.45) is 1.35. The van der Waals surface area contributed by atoms with Crippen LogP contribution in [0.15, 0.2) is 72.4 Å². The van der Waals surface area contributed by atoms with E-state index in [4.69, 9.17) is 16.3 Å². The van der Waals surface area contributed by atoms with Crippen molar-refractivity contribution in [1.29, 1.82) is 0 Å². The van der Waals surface area contributed by atoms with Gasteiger partial charge in [0.1, 0.15) is 17.3 Å². The number of nitrogens with zero attached hydrogens (tertiary/aromatic N) is 1. The highest BCUT2D eigenvalue weighted by Crippen LogP contribution is 2.23. The number of halogens is 2. The summed E-state index contributed by atoms with van der Waals surface area (Å²) in [7, 11) is 1.45. The van der Waals surface area contributed by atoms with Crippen LogP contribution >= 0.6 is 11.6 Å². The third-order valence-electron chi connectivity index (χ3n) is 4.43. The molecule has 3 aromatic carbocycles. The second kappa shape index (κ2) is 10.4. The van der Waals surface area contributed by atoms with E-state index >= 15 is 0 Å². The molecule has 0 spiro atoms. The number of non-ortho nitro benzene ring substituents is 1. The first-order chi connectivity index (χ1) is 15.8. The van der Waals surface area contributed by atoms with Crippen LogP contribution in [0.2, 0.25) is 5.02 Å². The number of amides is 2. The van der Waals surface area contributed by atoms with E-state index in [9.17, 15) is 24.1 Å². The number of rotatable bonds is 7. The van der Waals surface area contributed by atoms with Crippen LogP contribution in [0.3, 0.4) is 0 Å². The van der Waals surface area contributed by atoms with Crippen LogP contribution in [0.1, 0.15) is 15.9 Å². The van der Waals surface area contributed by atoms with Gasteiger partial charge >= 0.3 is 0 Å². The number of ether oxygens (including phenoxy) is 1. The quantitative estimate of drug-likeness (QED) is 0.293. The minimum atomic E-state index is -0.696. The van der Waals surface area contributed by atoms with E-state index in [0.717, 1.165) is 0 Å². The van der Waals surface area contributed by atoms with Crippen molar-refractivity contribution in [3.63, 3.8) is 0 Å². The monoisotopic (exact) mass is 469 g/mol. The zero-order valence-corrected chi connectivity index (χ0v) is 17.9. The van der Waals surface area contributed by atoms with E-state index in [2.05, 4.69) is 10.6 Å². The van der Waals surface area contributed by atoms with Gasteiger partial charge in [-0.15, -0.1) is 0 Å². The first kappa shape index (κ1) is 23.4. The zero-order chi connectivity index (χ0) is 24.0. The Kier molecular flexibility index (Phi) is 7.37.